The third-order valence-corrected chi connectivity index (χ3v) is 3.44. The molecule has 2 N–H and O–H groups in total. The third kappa shape index (κ3) is 6.63. The van der Waals surface area contributed by atoms with Gasteiger partial charge in [0.15, 0.2) is 6.61 Å². The molecule has 0 radical (unpaired) electrons. The van der Waals surface area contributed by atoms with Crippen LogP contribution >= 0.6 is 0 Å². The fourth-order valence-electron chi connectivity index (χ4n) is 2.02. The maximum absolute atomic E-state index is 12.2. The Kier molecular flexibility index (Phi) is 8.51. The van der Waals surface area contributed by atoms with Crippen LogP contribution in [0.1, 0.15) is 45.1 Å². The number of hydrogen-bond acceptors (Lipinski definition) is 3. The van der Waals surface area contributed by atoms with E-state index in [1.807, 2.05) is 29.2 Å². The molecule has 0 unspecified atom stereocenters. The summed E-state index contributed by atoms with van der Waals surface area (Å²) in [5, 5.41) is 0. The molecule has 4 nitrogen and oxygen atoms in total. The zero-order valence-electron chi connectivity index (χ0n) is 13.3. The number of carbonyl (C=O) groups is 1. The monoisotopic (exact) mass is 292 g/mol. The molecular formula is C17H28N2O2. The molecule has 0 spiro atoms. The smallest absolute Gasteiger partial charge is 0.260 e. The summed E-state index contributed by atoms with van der Waals surface area (Å²) in [7, 11) is 0. The normalized spacial score (nSPS) is 10.4. The van der Waals surface area contributed by atoms with Crippen molar-refractivity contribution >= 4 is 5.91 Å². The second-order valence-corrected chi connectivity index (χ2v) is 5.22. The van der Waals surface area contributed by atoms with Gasteiger partial charge in [0, 0.05) is 19.6 Å². The van der Waals surface area contributed by atoms with Gasteiger partial charge < -0.3 is 15.4 Å². The first kappa shape index (κ1) is 17.5. The van der Waals surface area contributed by atoms with Crippen molar-refractivity contribution in [3.05, 3.63) is 29.8 Å². The third-order valence-electron chi connectivity index (χ3n) is 3.44. The number of unbranched alkanes of at least 4 members (excludes halogenated alkanes) is 2. The second-order valence-electron chi connectivity index (χ2n) is 5.22. The molecule has 21 heavy (non-hydrogen) atoms. The molecule has 0 fully saturated rings. The van der Waals surface area contributed by atoms with Crippen molar-refractivity contribution in [2.24, 2.45) is 5.73 Å². The molecule has 0 aliphatic rings. The van der Waals surface area contributed by atoms with Crippen molar-refractivity contribution in [2.45, 2.75) is 46.1 Å². The molecule has 1 amide bonds. The van der Waals surface area contributed by atoms with Gasteiger partial charge in [0.2, 0.25) is 0 Å². The summed E-state index contributed by atoms with van der Waals surface area (Å²) in [4.78, 5) is 14.2. The van der Waals surface area contributed by atoms with E-state index in [0.717, 1.165) is 44.3 Å². The topological polar surface area (TPSA) is 55.6 Å². The van der Waals surface area contributed by atoms with Crippen molar-refractivity contribution in [1.82, 2.24) is 4.90 Å². The number of nitrogens with two attached hydrogens (primary N) is 1. The zero-order valence-corrected chi connectivity index (χ0v) is 13.3. The molecule has 0 heterocycles. The standard InChI is InChI=1S/C17H28N2O2/c1-3-5-11-19(12-6-4-2)17(20)14-21-16-9-7-15(13-18)8-10-16/h7-10H,3-6,11-14,18H2,1-2H3. The van der Waals surface area contributed by atoms with E-state index in [0.29, 0.717) is 12.3 Å². The Balaban J connectivity index is 2.46. The Morgan fingerprint density at radius 2 is 1.67 bits per heavy atom. The molecule has 118 valence electrons. The van der Waals surface area contributed by atoms with Gasteiger partial charge >= 0.3 is 0 Å². The Morgan fingerprint density at radius 1 is 1.10 bits per heavy atom. The van der Waals surface area contributed by atoms with Gasteiger partial charge in [0.05, 0.1) is 0 Å². The van der Waals surface area contributed by atoms with E-state index >= 15 is 0 Å². The summed E-state index contributed by atoms with van der Waals surface area (Å²) in [5.41, 5.74) is 6.61. The van der Waals surface area contributed by atoms with Gasteiger partial charge in [0.25, 0.3) is 5.91 Å². The van der Waals surface area contributed by atoms with E-state index in [1.54, 1.807) is 0 Å². The fourth-order valence-corrected chi connectivity index (χ4v) is 2.02. The van der Waals surface area contributed by atoms with Crippen LogP contribution < -0.4 is 10.5 Å². The summed E-state index contributed by atoms with van der Waals surface area (Å²) in [6.45, 7) is 6.54. The van der Waals surface area contributed by atoms with E-state index < -0.39 is 0 Å². The first-order valence-electron chi connectivity index (χ1n) is 7.90. The van der Waals surface area contributed by atoms with Gasteiger partial charge in [-0.2, -0.15) is 0 Å². The second kappa shape index (κ2) is 10.2. The largest absolute Gasteiger partial charge is 0.484 e. The molecule has 1 rings (SSSR count). The summed E-state index contributed by atoms with van der Waals surface area (Å²) in [5.74, 6) is 0.784. The lowest BCUT2D eigenvalue weighted by atomic mass is 10.2. The highest BCUT2D eigenvalue weighted by Crippen LogP contribution is 2.12. The molecule has 0 saturated carbocycles. The molecule has 1 aromatic rings. The Morgan fingerprint density at radius 3 is 2.14 bits per heavy atom. The van der Waals surface area contributed by atoms with Crippen LogP contribution in [-0.4, -0.2) is 30.5 Å². The highest BCUT2D eigenvalue weighted by Gasteiger charge is 2.13. The first-order valence-corrected chi connectivity index (χ1v) is 7.90. The van der Waals surface area contributed by atoms with Crippen LogP contribution in [0.15, 0.2) is 24.3 Å². The maximum atomic E-state index is 12.2. The average molecular weight is 292 g/mol. The molecule has 4 heteroatoms. The Labute approximate surface area is 128 Å². The first-order chi connectivity index (χ1) is 10.2. The van der Waals surface area contributed by atoms with E-state index in [1.165, 1.54) is 0 Å². The summed E-state index contributed by atoms with van der Waals surface area (Å²) < 4.78 is 5.58. The molecule has 0 aliphatic carbocycles. The zero-order chi connectivity index (χ0) is 15.5. The van der Waals surface area contributed by atoms with Gasteiger partial charge in [0.1, 0.15) is 5.75 Å². The number of rotatable bonds is 10. The van der Waals surface area contributed by atoms with Gasteiger partial charge in [-0.1, -0.05) is 38.8 Å². The predicted molar refractivity (Wildman–Crippen MR) is 86.2 cm³/mol. The van der Waals surface area contributed by atoms with Crippen LogP contribution in [0.3, 0.4) is 0 Å². The van der Waals surface area contributed by atoms with Crippen molar-refractivity contribution in [3.8, 4) is 5.75 Å². The lowest BCUT2D eigenvalue weighted by Gasteiger charge is -2.22. The number of hydrogen-bond donors (Lipinski definition) is 1. The Bertz CT molecular complexity index is 396. The number of carbonyl (C=O) groups excluding carboxylic acids is 1. The lowest BCUT2D eigenvalue weighted by molar-refractivity contribution is -0.133. The highest BCUT2D eigenvalue weighted by molar-refractivity contribution is 5.77. The van der Waals surface area contributed by atoms with Crippen molar-refractivity contribution < 1.29 is 9.53 Å². The molecule has 1 aromatic carbocycles. The summed E-state index contributed by atoms with van der Waals surface area (Å²) >= 11 is 0. The van der Waals surface area contributed by atoms with Crippen LogP contribution in [0, 0.1) is 0 Å². The summed E-state index contributed by atoms with van der Waals surface area (Å²) in [6.07, 6.45) is 4.27. The van der Waals surface area contributed by atoms with E-state index in [-0.39, 0.29) is 12.5 Å². The minimum absolute atomic E-state index is 0.0693. The highest BCUT2D eigenvalue weighted by atomic mass is 16.5. The number of ether oxygens (including phenoxy) is 1. The fraction of sp³-hybridized carbons (Fsp3) is 0.588. The van der Waals surface area contributed by atoms with Crippen molar-refractivity contribution in [3.63, 3.8) is 0 Å². The van der Waals surface area contributed by atoms with Gasteiger partial charge in [-0.25, -0.2) is 0 Å². The molecule has 0 bridgehead atoms. The molecule has 0 atom stereocenters. The summed E-state index contributed by atoms with van der Waals surface area (Å²) in [6, 6.07) is 7.56. The quantitative estimate of drug-likeness (QED) is 0.721. The van der Waals surface area contributed by atoms with Crippen LogP contribution in [0.4, 0.5) is 0 Å². The van der Waals surface area contributed by atoms with Crippen LogP contribution in [0.25, 0.3) is 0 Å². The Hall–Kier alpha value is -1.55. The minimum Gasteiger partial charge on any atom is -0.484 e. The van der Waals surface area contributed by atoms with Crippen molar-refractivity contribution in [2.75, 3.05) is 19.7 Å². The average Bonchev–Trinajstić information content (AvgIpc) is 2.53. The van der Waals surface area contributed by atoms with E-state index in [4.69, 9.17) is 10.5 Å². The van der Waals surface area contributed by atoms with Crippen LogP contribution in [0.5, 0.6) is 5.75 Å². The number of amides is 1. The number of nitrogens with zero attached hydrogens (tertiary/aromatic N) is 1. The van der Waals surface area contributed by atoms with Gasteiger partial charge in [-0.05, 0) is 30.5 Å². The maximum Gasteiger partial charge on any atom is 0.260 e. The predicted octanol–water partition coefficient (Wildman–Crippen LogP) is 2.95. The molecule has 0 aliphatic heterocycles. The van der Waals surface area contributed by atoms with Gasteiger partial charge in [-0.3, -0.25) is 4.79 Å². The molecule has 0 saturated heterocycles. The van der Waals surface area contributed by atoms with E-state index in [9.17, 15) is 4.79 Å². The molecular weight excluding hydrogens is 264 g/mol. The van der Waals surface area contributed by atoms with Crippen LogP contribution in [0.2, 0.25) is 0 Å². The van der Waals surface area contributed by atoms with Crippen molar-refractivity contribution in [1.29, 1.82) is 0 Å². The van der Waals surface area contributed by atoms with E-state index in [2.05, 4.69) is 13.8 Å². The van der Waals surface area contributed by atoms with Crippen LogP contribution in [-0.2, 0) is 11.3 Å². The molecule has 0 aromatic heterocycles. The lowest BCUT2D eigenvalue weighted by Crippen LogP contribution is -2.36. The van der Waals surface area contributed by atoms with Gasteiger partial charge in [-0.15, -0.1) is 0 Å². The SMILES string of the molecule is CCCCN(CCCC)C(=O)COc1ccc(CN)cc1. The number of benzene rings is 1. The minimum atomic E-state index is 0.0693.